The van der Waals surface area contributed by atoms with E-state index >= 15 is 0 Å². The Morgan fingerprint density at radius 3 is 2.88 bits per heavy atom. The molecule has 2 rings (SSSR count). The van der Waals surface area contributed by atoms with E-state index in [1.165, 1.54) is 25.8 Å². The van der Waals surface area contributed by atoms with Gasteiger partial charge in [-0.2, -0.15) is 0 Å². The van der Waals surface area contributed by atoms with Crippen LogP contribution in [0.5, 0.6) is 0 Å². The van der Waals surface area contributed by atoms with Crippen molar-refractivity contribution in [2.24, 2.45) is 10.4 Å². The molecule has 0 aliphatic carbocycles. The maximum absolute atomic E-state index is 9.35. The second kappa shape index (κ2) is 10.2. The zero-order valence-electron chi connectivity index (χ0n) is 15.5. The van der Waals surface area contributed by atoms with E-state index in [1.807, 2.05) is 0 Å². The highest BCUT2D eigenvalue weighted by molar-refractivity contribution is 5.79. The van der Waals surface area contributed by atoms with E-state index in [9.17, 15) is 5.11 Å². The number of likely N-dealkylation sites (N-methyl/N-ethyl adjacent to an activating group) is 1. The number of nitrogens with one attached hydrogen (secondary N) is 2. The third-order valence-corrected chi connectivity index (χ3v) is 5.40. The number of likely N-dealkylation sites (tertiary alicyclic amines) is 1. The largest absolute Gasteiger partial charge is 0.396 e. The fraction of sp³-hybridized carbons (Fsp3) is 0.944. The van der Waals surface area contributed by atoms with Gasteiger partial charge in [0.2, 0.25) is 0 Å². The molecule has 2 atom stereocenters. The molecule has 24 heavy (non-hydrogen) atoms. The van der Waals surface area contributed by atoms with Crippen molar-refractivity contribution in [3.8, 4) is 0 Å². The Balaban J connectivity index is 1.90. The number of hydrogen-bond acceptors (Lipinski definition) is 4. The normalized spacial score (nSPS) is 29.0. The fourth-order valence-electron chi connectivity index (χ4n) is 3.80. The Hall–Kier alpha value is -0.850. The number of hydrogen-bond donors (Lipinski definition) is 3. The Kier molecular flexibility index (Phi) is 8.29. The first-order valence-corrected chi connectivity index (χ1v) is 9.68. The van der Waals surface area contributed by atoms with Crippen molar-refractivity contribution in [2.45, 2.75) is 52.0 Å². The third kappa shape index (κ3) is 5.60. The lowest BCUT2D eigenvalue weighted by Crippen LogP contribution is -2.49. The van der Waals surface area contributed by atoms with Crippen LogP contribution in [0.15, 0.2) is 4.99 Å². The topological polar surface area (TPSA) is 69.1 Å². The van der Waals surface area contributed by atoms with Gasteiger partial charge in [-0.3, -0.25) is 9.89 Å². The fourth-order valence-corrected chi connectivity index (χ4v) is 3.80. The second-order valence-corrected chi connectivity index (χ2v) is 7.13. The van der Waals surface area contributed by atoms with Crippen LogP contribution >= 0.6 is 0 Å². The monoisotopic (exact) mass is 340 g/mol. The van der Waals surface area contributed by atoms with Crippen LogP contribution in [0.2, 0.25) is 0 Å². The molecule has 2 fully saturated rings. The van der Waals surface area contributed by atoms with Gasteiger partial charge in [0.05, 0.1) is 13.2 Å². The number of aliphatic hydroxyl groups excluding tert-OH is 1. The van der Waals surface area contributed by atoms with Crippen molar-refractivity contribution in [1.82, 2.24) is 15.5 Å². The minimum atomic E-state index is 0.0113. The number of guanidine groups is 1. The Morgan fingerprint density at radius 1 is 1.33 bits per heavy atom. The zero-order chi connectivity index (χ0) is 17.3. The summed E-state index contributed by atoms with van der Waals surface area (Å²) >= 11 is 0. The SMILES string of the molecule is CCNC(=NCC1(CCO)CCOC1)NCC1CCCCN1CC. The first kappa shape index (κ1) is 19.5. The minimum Gasteiger partial charge on any atom is -0.396 e. The molecule has 3 N–H and O–H groups in total. The molecule has 0 spiro atoms. The molecule has 0 aromatic heterocycles. The molecule has 0 aromatic rings. The van der Waals surface area contributed by atoms with Crippen LogP contribution in [0.4, 0.5) is 0 Å². The van der Waals surface area contributed by atoms with Crippen molar-refractivity contribution in [3.63, 3.8) is 0 Å². The Labute approximate surface area is 147 Å². The number of ether oxygens (including phenoxy) is 1. The van der Waals surface area contributed by atoms with Crippen molar-refractivity contribution in [2.75, 3.05) is 52.5 Å². The summed E-state index contributed by atoms with van der Waals surface area (Å²) in [6.45, 7) is 10.9. The van der Waals surface area contributed by atoms with Crippen LogP contribution in [0.25, 0.3) is 0 Å². The van der Waals surface area contributed by atoms with Crippen LogP contribution in [0.1, 0.15) is 46.0 Å². The number of aliphatic hydroxyl groups is 1. The van der Waals surface area contributed by atoms with Gasteiger partial charge in [0.15, 0.2) is 5.96 Å². The molecular formula is C18H36N4O2. The number of aliphatic imine (C=N–C) groups is 1. The Morgan fingerprint density at radius 2 is 2.21 bits per heavy atom. The predicted octanol–water partition coefficient (Wildman–Crippen LogP) is 1.21. The molecule has 2 aliphatic rings. The van der Waals surface area contributed by atoms with Gasteiger partial charge in [-0.1, -0.05) is 13.3 Å². The first-order chi connectivity index (χ1) is 11.7. The summed E-state index contributed by atoms with van der Waals surface area (Å²) in [5, 5.41) is 16.2. The number of piperidine rings is 1. The lowest BCUT2D eigenvalue weighted by Gasteiger charge is -2.35. The summed E-state index contributed by atoms with van der Waals surface area (Å²) in [6.07, 6.45) is 5.67. The lowest BCUT2D eigenvalue weighted by atomic mass is 9.84. The molecular weight excluding hydrogens is 304 g/mol. The van der Waals surface area contributed by atoms with E-state index in [0.717, 1.165) is 45.0 Å². The van der Waals surface area contributed by atoms with Gasteiger partial charge in [-0.25, -0.2) is 0 Å². The summed E-state index contributed by atoms with van der Waals surface area (Å²) in [5.41, 5.74) is 0.0113. The van der Waals surface area contributed by atoms with Crippen molar-refractivity contribution in [1.29, 1.82) is 0 Å². The van der Waals surface area contributed by atoms with E-state index in [4.69, 9.17) is 9.73 Å². The van der Waals surface area contributed by atoms with Crippen LogP contribution in [0.3, 0.4) is 0 Å². The molecule has 0 bridgehead atoms. The van der Waals surface area contributed by atoms with Gasteiger partial charge in [0.25, 0.3) is 0 Å². The molecule has 2 unspecified atom stereocenters. The summed E-state index contributed by atoms with van der Waals surface area (Å²) < 4.78 is 5.56. The molecule has 2 saturated heterocycles. The van der Waals surface area contributed by atoms with Gasteiger partial charge >= 0.3 is 0 Å². The standard InChI is InChI=1S/C18H36N4O2/c1-3-19-17(20-13-16-7-5-6-10-22(16)4-2)21-14-18(8-11-23)9-12-24-15-18/h16,23H,3-15H2,1-2H3,(H2,19,20,21). The molecule has 0 radical (unpaired) electrons. The van der Waals surface area contributed by atoms with Gasteiger partial charge in [0, 0.05) is 37.8 Å². The van der Waals surface area contributed by atoms with E-state index in [2.05, 4.69) is 29.4 Å². The van der Waals surface area contributed by atoms with E-state index in [-0.39, 0.29) is 12.0 Å². The van der Waals surface area contributed by atoms with E-state index < -0.39 is 0 Å². The predicted molar refractivity (Wildman–Crippen MR) is 98.4 cm³/mol. The van der Waals surface area contributed by atoms with Gasteiger partial charge in [-0.05, 0) is 45.7 Å². The molecule has 140 valence electrons. The second-order valence-electron chi connectivity index (χ2n) is 7.13. The molecule has 6 nitrogen and oxygen atoms in total. The highest BCUT2D eigenvalue weighted by Gasteiger charge is 2.34. The molecule has 6 heteroatoms. The molecule has 2 aliphatic heterocycles. The van der Waals surface area contributed by atoms with Crippen LogP contribution in [0, 0.1) is 5.41 Å². The lowest BCUT2D eigenvalue weighted by molar-refractivity contribution is 0.131. The van der Waals surface area contributed by atoms with Crippen LogP contribution in [-0.2, 0) is 4.74 Å². The maximum Gasteiger partial charge on any atom is 0.191 e. The van der Waals surface area contributed by atoms with E-state index in [0.29, 0.717) is 19.2 Å². The average molecular weight is 341 g/mol. The molecule has 0 aromatic carbocycles. The molecule has 0 saturated carbocycles. The molecule has 2 heterocycles. The van der Waals surface area contributed by atoms with Crippen LogP contribution in [-0.4, -0.2) is 74.6 Å². The van der Waals surface area contributed by atoms with Crippen molar-refractivity contribution >= 4 is 5.96 Å². The minimum absolute atomic E-state index is 0.0113. The highest BCUT2D eigenvalue weighted by atomic mass is 16.5. The average Bonchev–Trinajstić information content (AvgIpc) is 3.07. The number of rotatable bonds is 8. The van der Waals surface area contributed by atoms with Crippen molar-refractivity contribution < 1.29 is 9.84 Å². The van der Waals surface area contributed by atoms with E-state index in [1.54, 1.807) is 0 Å². The smallest absolute Gasteiger partial charge is 0.191 e. The van der Waals surface area contributed by atoms with Gasteiger partial charge in [0.1, 0.15) is 0 Å². The maximum atomic E-state index is 9.35. The summed E-state index contributed by atoms with van der Waals surface area (Å²) in [7, 11) is 0. The highest BCUT2D eigenvalue weighted by Crippen LogP contribution is 2.32. The Bertz CT molecular complexity index is 383. The van der Waals surface area contributed by atoms with Gasteiger partial charge in [-0.15, -0.1) is 0 Å². The molecule has 0 amide bonds. The first-order valence-electron chi connectivity index (χ1n) is 9.68. The van der Waals surface area contributed by atoms with Gasteiger partial charge < -0.3 is 20.5 Å². The summed E-state index contributed by atoms with van der Waals surface area (Å²) in [5.74, 6) is 0.892. The van der Waals surface area contributed by atoms with Crippen molar-refractivity contribution in [3.05, 3.63) is 0 Å². The zero-order valence-corrected chi connectivity index (χ0v) is 15.5. The number of nitrogens with zero attached hydrogens (tertiary/aromatic N) is 2. The van der Waals surface area contributed by atoms with Crippen LogP contribution < -0.4 is 10.6 Å². The third-order valence-electron chi connectivity index (χ3n) is 5.40. The quantitative estimate of drug-likeness (QED) is 0.458. The summed E-state index contributed by atoms with van der Waals surface area (Å²) in [4.78, 5) is 7.37. The summed E-state index contributed by atoms with van der Waals surface area (Å²) in [6, 6.07) is 0.605.